The minimum atomic E-state index is -0.624. The summed E-state index contributed by atoms with van der Waals surface area (Å²) in [5.74, 6) is -1.33. The van der Waals surface area contributed by atoms with Gasteiger partial charge in [0.25, 0.3) is 5.91 Å². The number of rotatable bonds is 6. The molecule has 0 radical (unpaired) electrons. The van der Waals surface area contributed by atoms with Crippen molar-refractivity contribution in [2.75, 3.05) is 17.7 Å². The monoisotopic (exact) mass is 442 g/mol. The topological polar surface area (TPSA) is 84.5 Å². The van der Waals surface area contributed by atoms with E-state index in [1.165, 1.54) is 7.11 Å². The van der Waals surface area contributed by atoms with E-state index in [1.54, 1.807) is 31.2 Å². The van der Waals surface area contributed by atoms with Crippen molar-refractivity contribution in [1.82, 2.24) is 0 Å². The largest absolute Gasteiger partial charge is 0.465 e. The van der Waals surface area contributed by atoms with E-state index in [9.17, 15) is 14.4 Å². The van der Waals surface area contributed by atoms with Gasteiger partial charge in [0, 0.05) is 10.7 Å². The van der Waals surface area contributed by atoms with Crippen molar-refractivity contribution in [2.45, 2.75) is 13.3 Å². The van der Waals surface area contributed by atoms with Crippen LogP contribution in [0.2, 0.25) is 5.02 Å². The summed E-state index contributed by atoms with van der Waals surface area (Å²) < 4.78 is 4.85. The fourth-order valence-corrected chi connectivity index (χ4v) is 4.17. The molecule has 0 unspecified atom stereocenters. The smallest absolute Gasteiger partial charge is 0.341 e. The van der Waals surface area contributed by atoms with E-state index in [0.29, 0.717) is 21.2 Å². The van der Waals surface area contributed by atoms with Crippen LogP contribution >= 0.6 is 22.9 Å². The maximum Gasteiger partial charge on any atom is 0.341 e. The molecule has 6 nitrogen and oxygen atoms in total. The van der Waals surface area contributed by atoms with Crippen LogP contribution in [0.15, 0.2) is 54.6 Å². The molecule has 0 atom stereocenters. The first-order chi connectivity index (χ1) is 14.4. The predicted molar refractivity (Wildman–Crippen MR) is 119 cm³/mol. The molecule has 3 aromatic rings. The van der Waals surface area contributed by atoms with Crippen molar-refractivity contribution in [3.05, 3.63) is 81.2 Å². The molecule has 1 heterocycles. The Morgan fingerprint density at radius 1 is 1.03 bits per heavy atom. The molecule has 30 heavy (non-hydrogen) atoms. The Balaban J connectivity index is 1.86. The normalized spacial score (nSPS) is 10.4. The van der Waals surface area contributed by atoms with Crippen LogP contribution in [-0.4, -0.2) is 24.9 Å². The Labute approximate surface area is 182 Å². The summed E-state index contributed by atoms with van der Waals surface area (Å²) in [6, 6.07) is 16.0. The molecule has 0 saturated heterocycles. The summed E-state index contributed by atoms with van der Waals surface area (Å²) in [7, 11) is 1.25. The summed E-state index contributed by atoms with van der Waals surface area (Å²) >= 11 is 6.98. The van der Waals surface area contributed by atoms with Gasteiger partial charge in [-0.2, -0.15) is 0 Å². The summed E-state index contributed by atoms with van der Waals surface area (Å²) in [5, 5.41) is 6.25. The molecule has 8 heteroatoms. The fourth-order valence-electron chi connectivity index (χ4n) is 2.87. The van der Waals surface area contributed by atoms with Crippen molar-refractivity contribution >= 4 is 51.4 Å². The minimum Gasteiger partial charge on any atom is -0.465 e. The van der Waals surface area contributed by atoms with Gasteiger partial charge < -0.3 is 15.4 Å². The van der Waals surface area contributed by atoms with Crippen LogP contribution in [0.3, 0.4) is 0 Å². The Morgan fingerprint density at radius 2 is 1.77 bits per heavy atom. The number of carbonyl (C=O) groups excluding carboxylic acids is 3. The van der Waals surface area contributed by atoms with Crippen molar-refractivity contribution < 1.29 is 19.1 Å². The molecule has 2 N–H and O–H groups in total. The zero-order chi connectivity index (χ0) is 21.7. The van der Waals surface area contributed by atoms with Crippen LogP contribution in [0.5, 0.6) is 0 Å². The number of benzene rings is 2. The third-order valence-corrected chi connectivity index (χ3v) is 5.73. The van der Waals surface area contributed by atoms with Gasteiger partial charge in [-0.15, -0.1) is 11.3 Å². The van der Waals surface area contributed by atoms with E-state index in [1.807, 2.05) is 30.3 Å². The molecule has 154 valence electrons. The van der Waals surface area contributed by atoms with Crippen molar-refractivity contribution in [1.29, 1.82) is 0 Å². The average molecular weight is 443 g/mol. The highest BCUT2D eigenvalue weighted by Gasteiger charge is 2.26. The van der Waals surface area contributed by atoms with E-state index in [2.05, 4.69) is 10.6 Å². The number of methoxy groups -OCH3 is 1. The zero-order valence-electron chi connectivity index (χ0n) is 16.3. The SMILES string of the molecule is COC(=O)c1c(NC(=O)Cc2ccccc2)sc(C(=O)Nc2cccc(Cl)c2)c1C. The maximum atomic E-state index is 12.8. The summed E-state index contributed by atoms with van der Waals surface area (Å²) in [5.41, 5.74) is 1.96. The molecular weight excluding hydrogens is 424 g/mol. The molecule has 2 amide bonds. The molecule has 0 bridgehead atoms. The van der Waals surface area contributed by atoms with Gasteiger partial charge in [0.2, 0.25) is 5.91 Å². The number of thiophene rings is 1. The molecule has 0 aliphatic heterocycles. The van der Waals surface area contributed by atoms with Gasteiger partial charge in [-0.3, -0.25) is 9.59 Å². The Hall–Kier alpha value is -3.16. The molecule has 0 saturated carbocycles. The quantitative estimate of drug-likeness (QED) is 0.530. The standard InChI is InChI=1S/C22H19ClN2O4S/c1-13-18(22(28)29-2)21(25-17(26)11-14-7-4-3-5-8-14)30-19(13)20(27)24-16-10-6-9-15(23)12-16/h3-10,12H,11H2,1-2H3,(H,24,27)(H,25,26). The van der Waals surface area contributed by atoms with Crippen molar-refractivity contribution in [3.8, 4) is 0 Å². The minimum absolute atomic E-state index is 0.141. The lowest BCUT2D eigenvalue weighted by Gasteiger charge is -2.06. The van der Waals surface area contributed by atoms with Gasteiger partial charge in [-0.25, -0.2) is 4.79 Å². The lowest BCUT2D eigenvalue weighted by Crippen LogP contribution is -2.16. The number of carbonyl (C=O) groups is 3. The summed E-state index contributed by atoms with van der Waals surface area (Å²) in [6.07, 6.45) is 0.141. The van der Waals surface area contributed by atoms with Crippen LogP contribution in [0.4, 0.5) is 10.7 Å². The summed E-state index contributed by atoms with van der Waals surface area (Å²) in [4.78, 5) is 37.9. The number of amides is 2. The van der Waals surface area contributed by atoms with Gasteiger partial charge in [0.15, 0.2) is 0 Å². The molecular formula is C22H19ClN2O4S. The summed E-state index contributed by atoms with van der Waals surface area (Å²) in [6.45, 7) is 1.64. The second kappa shape index (κ2) is 9.56. The van der Waals surface area contributed by atoms with E-state index < -0.39 is 11.9 Å². The number of hydrogen-bond acceptors (Lipinski definition) is 5. The van der Waals surface area contributed by atoms with E-state index in [-0.39, 0.29) is 22.9 Å². The fraction of sp³-hybridized carbons (Fsp3) is 0.136. The molecule has 1 aromatic heterocycles. The molecule has 2 aromatic carbocycles. The van der Waals surface area contributed by atoms with Crippen molar-refractivity contribution in [3.63, 3.8) is 0 Å². The third kappa shape index (κ3) is 5.06. The van der Waals surface area contributed by atoms with Gasteiger partial charge >= 0.3 is 5.97 Å². The van der Waals surface area contributed by atoms with E-state index >= 15 is 0 Å². The molecule has 0 aliphatic rings. The Kier molecular flexibility index (Phi) is 6.87. The third-order valence-electron chi connectivity index (χ3n) is 4.29. The first-order valence-corrected chi connectivity index (χ1v) is 10.2. The molecule has 0 spiro atoms. The number of ether oxygens (including phenoxy) is 1. The predicted octanol–water partition coefficient (Wildman–Crippen LogP) is 4.93. The van der Waals surface area contributed by atoms with Gasteiger partial charge in [0.1, 0.15) is 5.00 Å². The van der Waals surface area contributed by atoms with Gasteiger partial charge in [-0.1, -0.05) is 48.0 Å². The maximum absolute atomic E-state index is 12.8. The number of esters is 1. The molecule has 0 fully saturated rings. The second-order valence-electron chi connectivity index (χ2n) is 6.43. The number of nitrogens with one attached hydrogen (secondary N) is 2. The van der Waals surface area contributed by atoms with Crippen LogP contribution in [0, 0.1) is 6.92 Å². The zero-order valence-corrected chi connectivity index (χ0v) is 17.9. The lowest BCUT2D eigenvalue weighted by molar-refractivity contribution is -0.115. The van der Waals surface area contributed by atoms with Gasteiger partial charge in [-0.05, 0) is 36.2 Å². The Bertz CT molecular complexity index is 1100. The van der Waals surface area contributed by atoms with Crippen LogP contribution < -0.4 is 10.6 Å². The van der Waals surface area contributed by atoms with Gasteiger partial charge in [0.05, 0.1) is 24.0 Å². The van der Waals surface area contributed by atoms with Crippen LogP contribution in [-0.2, 0) is 16.0 Å². The highest BCUT2D eigenvalue weighted by molar-refractivity contribution is 7.18. The highest BCUT2D eigenvalue weighted by atomic mass is 35.5. The van der Waals surface area contributed by atoms with Crippen LogP contribution in [0.1, 0.15) is 31.2 Å². The van der Waals surface area contributed by atoms with E-state index in [4.69, 9.17) is 16.3 Å². The van der Waals surface area contributed by atoms with Crippen molar-refractivity contribution in [2.24, 2.45) is 0 Å². The first kappa shape index (κ1) is 21.5. The molecule has 3 rings (SSSR count). The second-order valence-corrected chi connectivity index (χ2v) is 7.88. The average Bonchev–Trinajstić information content (AvgIpc) is 3.04. The number of hydrogen-bond donors (Lipinski definition) is 2. The number of anilines is 2. The highest BCUT2D eigenvalue weighted by Crippen LogP contribution is 2.34. The first-order valence-electron chi connectivity index (χ1n) is 9.01. The van der Waals surface area contributed by atoms with E-state index in [0.717, 1.165) is 16.9 Å². The lowest BCUT2D eigenvalue weighted by atomic mass is 10.1. The Morgan fingerprint density at radius 3 is 2.43 bits per heavy atom. The molecule has 0 aliphatic carbocycles. The van der Waals surface area contributed by atoms with Crippen LogP contribution in [0.25, 0.3) is 0 Å². The number of halogens is 1.